The molecule has 5 nitrogen and oxygen atoms in total. The number of halogens is 3. The van der Waals surface area contributed by atoms with E-state index in [0.717, 1.165) is 16.7 Å². The maximum absolute atomic E-state index is 14.5. The van der Waals surface area contributed by atoms with Crippen LogP contribution in [0.25, 0.3) is 5.69 Å². The molecule has 0 saturated carbocycles. The summed E-state index contributed by atoms with van der Waals surface area (Å²) in [6, 6.07) is 5.36. The number of carbonyl (C=O) groups excluding carboxylic acids is 1. The maximum Gasteiger partial charge on any atom is 0.425 e. The fourth-order valence-corrected chi connectivity index (χ4v) is 3.61. The summed E-state index contributed by atoms with van der Waals surface area (Å²) in [4.78, 5) is 24.8. The molecule has 0 amide bonds. The van der Waals surface area contributed by atoms with Gasteiger partial charge in [0.25, 0.3) is 0 Å². The lowest BCUT2D eigenvalue weighted by Gasteiger charge is -2.15. The average Bonchev–Trinajstić information content (AvgIpc) is 3.19. The summed E-state index contributed by atoms with van der Waals surface area (Å²) in [6.07, 6.45) is 0. The van der Waals surface area contributed by atoms with E-state index in [1.165, 1.54) is 11.3 Å². The van der Waals surface area contributed by atoms with Gasteiger partial charge in [-0.2, -0.15) is 0 Å². The predicted octanol–water partition coefficient (Wildman–Crippen LogP) is 5.45. The van der Waals surface area contributed by atoms with Crippen molar-refractivity contribution in [1.29, 1.82) is 0 Å². The monoisotopic (exact) mass is 429 g/mol. The van der Waals surface area contributed by atoms with Crippen LogP contribution < -0.4 is 10.5 Å². The Kier molecular flexibility index (Phi) is 5.20. The number of oxazole rings is 1. The van der Waals surface area contributed by atoms with E-state index in [9.17, 15) is 14.0 Å². The molecule has 0 fully saturated rings. The van der Waals surface area contributed by atoms with Gasteiger partial charge in [0.2, 0.25) is 0 Å². The number of benzene rings is 1. The highest BCUT2D eigenvalue weighted by Gasteiger charge is 2.28. The van der Waals surface area contributed by atoms with Crippen LogP contribution in [0.15, 0.2) is 38.9 Å². The average molecular weight is 430 g/mol. The zero-order chi connectivity index (χ0) is 19.9. The lowest BCUT2D eigenvalue weighted by Crippen LogP contribution is -2.15. The van der Waals surface area contributed by atoms with Crippen molar-refractivity contribution in [2.75, 3.05) is 0 Å². The van der Waals surface area contributed by atoms with Crippen LogP contribution in [-0.4, -0.2) is 10.5 Å². The van der Waals surface area contributed by atoms with Gasteiger partial charge in [-0.15, -0.1) is 11.3 Å². The molecule has 27 heavy (non-hydrogen) atoms. The number of hydrogen-bond acceptors (Lipinski definition) is 5. The summed E-state index contributed by atoms with van der Waals surface area (Å²) in [5.74, 6) is -2.22. The highest BCUT2D eigenvalue weighted by Crippen LogP contribution is 2.34. The molecule has 142 valence electrons. The van der Waals surface area contributed by atoms with E-state index in [0.29, 0.717) is 4.88 Å². The molecule has 0 unspecified atom stereocenters. The molecule has 2 aromatic heterocycles. The standard InChI is InChI=1S/C18H14Cl2FNO4S/c1-18(2,3)14-15(20)22(17(24)26-14)11-8-12(9(19)7-10(11)21)25-16(23)13-5-4-6-27-13/h4-8H,1-3H3. The van der Waals surface area contributed by atoms with E-state index in [1.54, 1.807) is 38.3 Å². The number of hydrogen-bond donors (Lipinski definition) is 0. The van der Waals surface area contributed by atoms with Gasteiger partial charge in [0.15, 0.2) is 16.7 Å². The minimum atomic E-state index is -0.860. The number of thiophene rings is 1. The lowest BCUT2D eigenvalue weighted by atomic mass is 9.94. The zero-order valence-corrected chi connectivity index (χ0v) is 16.8. The molecular formula is C18H14Cl2FNO4S. The summed E-state index contributed by atoms with van der Waals surface area (Å²) in [7, 11) is 0. The number of nitrogens with zero attached hydrogens (tertiary/aromatic N) is 1. The van der Waals surface area contributed by atoms with Gasteiger partial charge in [0.1, 0.15) is 10.7 Å². The summed E-state index contributed by atoms with van der Waals surface area (Å²) < 4.78 is 25.8. The molecule has 0 radical (unpaired) electrons. The van der Waals surface area contributed by atoms with Crippen molar-refractivity contribution in [1.82, 2.24) is 4.57 Å². The van der Waals surface area contributed by atoms with Crippen LogP contribution in [0.2, 0.25) is 10.2 Å². The lowest BCUT2D eigenvalue weighted by molar-refractivity contribution is 0.0740. The zero-order valence-electron chi connectivity index (χ0n) is 14.5. The number of ether oxygens (including phenoxy) is 1. The van der Waals surface area contributed by atoms with Gasteiger partial charge in [0.05, 0.1) is 10.7 Å². The Hall–Kier alpha value is -2.09. The number of rotatable bonds is 3. The molecule has 0 saturated heterocycles. The van der Waals surface area contributed by atoms with E-state index in [-0.39, 0.29) is 27.4 Å². The third-order valence-electron chi connectivity index (χ3n) is 3.60. The first kappa shape index (κ1) is 19.7. The molecule has 2 heterocycles. The molecule has 0 aliphatic carbocycles. The maximum atomic E-state index is 14.5. The number of esters is 1. The first-order valence-electron chi connectivity index (χ1n) is 7.76. The second-order valence-electron chi connectivity index (χ2n) is 6.67. The van der Waals surface area contributed by atoms with Crippen LogP contribution in [-0.2, 0) is 5.41 Å². The topological polar surface area (TPSA) is 61.4 Å². The molecule has 0 bridgehead atoms. The van der Waals surface area contributed by atoms with E-state index in [4.69, 9.17) is 32.4 Å². The highest BCUT2D eigenvalue weighted by molar-refractivity contribution is 7.12. The quantitative estimate of drug-likeness (QED) is 0.409. The van der Waals surface area contributed by atoms with Crippen LogP contribution in [0.5, 0.6) is 5.75 Å². The molecule has 0 aliphatic rings. The Balaban J connectivity index is 2.09. The van der Waals surface area contributed by atoms with E-state index in [2.05, 4.69) is 0 Å². The second-order valence-corrected chi connectivity index (χ2v) is 8.39. The highest BCUT2D eigenvalue weighted by atomic mass is 35.5. The minimum Gasteiger partial charge on any atom is -0.421 e. The summed E-state index contributed by atoms with van der Waals surface area (Å²) >= 11 is 13.4. The largest absolute Gasteiger partial charge is 0.425 e. The van der Waals surface area contributed by atoms with Crippen LogP contribution in [0.1, 0.15) is 36.2 Å². The van der Waals surface area contributed by atoms with Crippen LogP contribution in [0, 0.1) is 5.82 Å². The van der Waals surface area contributed by atoms with Crippen molar-refractivity contribution in [3.8, 4) is 11.4 Å². The minimum absolute atomic E-state index is 0.0655. The third kappa shape index (κ3) is 3.81. The van der Waals surface area contributed by atoms with Crippen molar-refractivity contribution in [2.45, 2.75) is 26.2 Å². The third-order valence-corrected chi connectivity index (χ3v) is 5.09. The van der Waals surface area contributed by atoms with Crippen LogP contribution in [0.3, 0.4) is 0 Å². The molecule has 3 aromatic rings. The van der Waals surface area contributed by atoms with Crippen LogP contribution in [0.4, 0.5) is 4.39 Å². The van der Waals surface area contributed by atoms with Gasteiger partial charge in [-0.25, -0.2) is 18.5 Å². The normalized spacial score (nSPS) is 11.6. The summed E-state index contributed by atoms with van der Waals surface area (Å²) in [5, 5.41) is 1.53. The molecule has 0 N–H and O–H groups in total. The fourth-order valence-electron chi connectivity index (χ4n) is 2.34. The summed E-state index contributed by atoms with van der Waals surface area (Å²) in [5.41, 5.74) is -0.804. The summed E-state index contributed by atoms with van der Waals surface area (Å²) in [6.45, 7) is 5.40. The van der Waals surface area contributed by atoms with Crippen LogP contribution >= 0.6 is 34.5 Å². The number of carbonyl (C=O) groups is 1. The first-order valence-corrected chi connectivity index (χ1v) is 9.40. The van der Waals surface area contributed by atoms with Gasteiger partial charge < -0.3 is 9.15 Å². The van der Waals surface area contributed by atoms with E-state index >= 15 is 0 Å². The van der Waals surface area contributed by atoms with Crippen molar-refractivity contribution in [3.63, 3.8) is 0 Å². The van der Waals surface area contributed by atoms with Gasteiger partial charge in [-0.3, -0.25) is 0 Å². The Bertz CT molecular complexity index is 1060. The Morgan fingerprint density at radius 2 is 2.00 bits per heavy atom. The van der Waals surface area contributed by atoms with Crippen molar-refractivity contribution in [2.24, 2.45) is 0 Å². The Morgan fingerprint density at radius 3 is 2.56 bits per heavy atom. The second kappa shape index (κ2) is 7.14. The fraction of sp³-hybridized carbons (Fsp3) is 0.222. The molecule has 3 rings (SSSR count). The molecule has 1 aromatic carbocycles. The van der Waals surface area contributed by atoms with Gasteiger partial charge in [-0.1, -0.05) is 50.0 Å². The molecular weight excluding hydrogens is 416 g/mol. The van der Waals surface area contributed by atoms with Gasteiger partial charge >= 0.3 is 11.7 Å². The Labute approximate surface area is 167 Å². The van der Waals surface area contributed by atoms with Gasteiger partial charge in [0, 0.05) is 11.5 Å². The smallest absolute Gasteiger partial charge is 0.421 e. The Morgan fingerprint density at radius 1 is 1.30 bits per heavy atom. The van der Waals surface area contributed by atoms with E-state index in [1.807, 2.05) is 0 Å². The van der Waals surface area contributed by atoms with Crippen molar-refractivity contribution >= 4 is 40.5 Å². The van der Waals surface area contributed by atoms with Crippen molar-refractivity contribution < 1.29 is 18.3 Å². The van der Waals surface area contributed by atoms with Gasteiger partial charge in [-0.05, 0) is 17.5 Å². The van der Waals surface area contributed by atoms with Crippen molar-refractivity contribution in [3.05, 3.63) is 66.8 Å². The molecule has 0 spiro atoms. The molecule has 0 atom stereocenters. The number of aromatic nitrogens is 1. The first-order chi connectivity index (χ1) is 12.6. The van der Waals surface area contributed by atoms with E-state index < -0.39 is 23.0 Å². The molecule has 0 aliphatic heterocycles. The predicted molar refractivity (Wildman–Crippen MR) is 102 cm³/mol. The SMILES string of the molecule is CC(C)(C)c1oc(=O)n(-c2cc(OC(=O)c3cccs3)c(Cl)cc2F)c1Cl. The molecule has 9 heteroatoms.